The van der Waals surface area contributed by atoms with E-state index in [1.54, 1.807) is 30.5 Å². The van der Waals surface area contributed by atoms with E-state index in [0.29, 0.717) is 23.7 Å². The van der Waals surface area contributed by atoms with Gasteiger partial charge in [-0.1, -0.05) is 22.0 Å². The molecule has 0 radical (unpaired) electrons. The molecule has 132 valence electrons. The van der Waals surface area contributed by atoms with Crippen molar-refractivity contribution in [3.63, 3.8) is 0 Å². The number of carbonyl (C=O) groups excluding carboxylic acids is 1. The Labute approximate surface area is 155 Å². The quantitative estimate of drug-likeness (QED) is 0.800. The second-order valence-corrected chi connectivity index (χ2v) is 6.57. The van der Waals surface area contributed by atoms with E-state index in [4.69, 9.17) is 9.47 Å². The molecule has 3 rings (SSSR count). The number of rotatable bonds is 6. The van der Waals surface area contributed by atoms with Gasteiger partial charge in [0.15, 0.2) is 0 Å². The highest BCUT2D eigenvalue weighted by Gasteiger charge is 2.10. The molecular weight excluding hydrogens is 386 g/mol. The first-order valence-corrected chi connectivity index (χ1v) is 8.96. The van der Waals surface area contributed by atoms with Gasteiger partial charge in [0.05, 0.1) is 25.1 Å². The number of pyridine rings is 1. The SMILES string of the molecule is O=C(Nc1ccc(OCCN2CCOCC2)nc1)c1cccc(Br)c1. The average molecular weight is 406 g/mol. The van der Waals surface area contributed by atoms with Gasteiger partial charge in [-0.25, -0.2) is 4.98 Å². The minimum atomic E-state index is -0.177. The molecule has 2 aromatic rings. The zero-order valence-electron chi connectivity index (χ0n) is 13.8. The van der Waals surface area contributed by atoms with Crippen molar-refractivity contribution in [3.8, 4) is 5.88 Å². The lowest BCUT2D eigenvalue weighted by Gasteiger charge is -2.26. The van der Waals surface area contributed by atoms with Crippen LogP contribution in [0, 0.1) is 0 Å². The molecule has 6 nitrogen and oxygen atoms in total. The van der Waals surface area contributed by atoms with Gasteiger partial charge in [0, 0.05) is 35.7 Å². The minimum absolute atomic E-state index is 0.177. The average Bonchev–Trinajstić information content (AvgIpc) is 2.64. The number of aromatic nitrogens is 1. The summed E-state index contributed by atoms with van der Waals surface area (Å²) < 4.78 is 11.8. The van der Waals surface area contributed by atoms with E-state index < -0.39 is 0 Å². The third-order valence-corrected chi connectivity index (χ3v) is 4.34. The van der Waals surface area contributed by atoms with Crippen molar-refractivity contribution in [1.82, 2.24) is 9.88 Å². The molecule has 1 aliphatic heterocycles. The number of nitrogens with one attached hydrogen (secondary N) is 1. The molecule has 0 saturated carbocycles. The highest BCUT2D eigenvalue weighted by Crippen LogP contribution is 2.15. The van der Waals surface area contributed by atoms with Crippen LogP contribution in [0.15, 0.2) is 47.1 Å². The van der Waals surface area contributed by atoms with Crippen molar-refractivity contribution in [2.45, 2.75) is 0 Å². The van der Waals surface area contributed by atoms with E-state index in [2.05, 4.69) is 31.1 Å². The van der Waals surface area contributed by atoms with Crippen molar-refractivity contribution in [3.05, 3.63) is 52.6 Å². The van der Waals surface area contributed by atoms with E-state index in [1.165, 1.54) is 0 Å². The van der Waals surface area contributed by atoms with Crippen molar-refractivity contribution in [1.29, 1.82) is 0 Å². The van der Waals surface area contributed by atoms with Crippen LogP contribution in [0.25, 0.3) is 0 Å². The molecule has 1 amide bonds. The van der Waals surface area contributed by atoms with Crippen LogP contribution in [0.1, 0.15) is 10.4 Å². The summed E-state index contributed by atoms with van der Waals surface area (Å²) in [5.41, 5.74) is 1.21. The Bertz CT molecular complexity index is 703. The molecule has 0 spiro atoms. The minimum Gasteiger partial charge on any atom is -0.476 e. The number of amides is 1. The molecule has 1 aromatic heterocycles. The second-order valence-electron chi connectivity index (χ2n) is 5.65. The zero-order chi connectivity index (χ0) is 17.5. The first-order chi connectivity index (χ1) is 12.2. The van der Waals surface area contributed by atoms with Gasteiger partial charge in [0.25, 0.3) is 5.91 Å². The number of morpholine rings is 1. The van der Waals surface area contributed by atoms with E-state index in [-0.39, 0.29) is 5.91 Å². The van der Waals surface area contributed by atoms with Crippen LogP contribution >= 0.6 is 15.9 Å². The molecular formula is C18H20BrN3O3. The van der Waals surface area contributed by atoms with Crippen molar-refractivity contribution in [2.75, 3.05) is 44.8 Å². The third-order valence-electron chi connectivity index (χ3n) is 3.84. The fourth-order valence-electron chi connectivity index (χ4n) is 2.48. The summed E-state index contributed by atoms with van der Waals surface area (Å²) in [6, 6.07) is 10.8. The topological polar surface area (TPSA) is 63.7 Å². The van der Waals surface area contributed by atoms with Crippen LogP contribution in [0.3, 0.4) is 0 Å². The van der Waals surface area contributed by atoms with Crippen molar-refractivity contribution in [2.24, 2.45) is 0 Å². The number of anilines is 1. The number of carbonyl (C=O) groups is 1. The molecule has 0 atom stereocenters. The Hall–Kier alpha value is -1.96. The molecule has 1 N–H and O–H groups in total. The molecule has 0 unspecified atom stereocenters. The van der Waals surface area contributed by atoms with Crippen molar-refractivity contribution >= 4 is 27.5 Å². The molecule has 7 heteroatoms. The lowest BCUT2D eigenvalue weighted by Crippen LogP contribution is -2.38. The summed E-state index contributed by atoms with van der Waals surface area (Å²) in [4.78, 5) is 18.7. The first kappa shape index (κ1) is 17.8. The number of hydrogen-bond acceptors (Lipinski definition) is 5. The fourth-order valence-corrected chi connectivity index (χ4v) is 2.88. The Morgan fingerprint density at radius 2 is 2.12 bits per heavy atom. The molecule has 1 fully saturated rings. The molecule has 1 saturated heterocycles. The number of ether oxygens (including phenoxy) is 2. The molecule has 1 aromatic carbocycles. The molecule has 0 bridgehead atoms. The summed E-state index contributed by atoms with van der Waals surface area (Å²) in [5, 5.41) is 2.82. The van der Waals surface area contributed by atoms with E-state index in [0.717, 1.165) is 37.3 Å². The highest BCUT2D eigenvalue weighted by atomic mass is 79.9. The summed E-state index contributed by atoms with van der Waals surface area (Å²) in [6.07, 6.45) is 1.60. The van der Waals surface area contributed by atoms with E-state index in [9.17, 15) is 4.79 Å². The Morgan fingerprint density at radius 1 is 1.28 bits per heavy atom. The number of nitrogens with zero attached hydrogens (tertiary/aromatic N) is 2. The summed E-state index contributed by atoms with van der Waals surface area (Å²) in [6.45, 7) is 4.88. The number of halogens is 1. The summed E-state index contributed by atoms with van der Waals surface area (Å²) >= 11 is 3.36. The Morgan fingerprint density at radius 3 is 2.84 bits per heavy atom. The standard InChI is InChI=1S/C18H20BrN3O3/c19-15-3-1-2-14(12-15)18(23)21-16-4-5-17(20-13-16)25-11-8-22-6-9-24-10-7-22/h1-5,12-13H,6-11H2,(H,21,23). The van der Waals surface area contributed by atoms with Crippen LogP contribution < -0.4 is 10.1 Å². The lowest BCUT2D eigenvalue weighted by atomic mass is 10.2. The maximum Gasteiger partial charge on any atom is 0.255 e. The smallest absolute Gasteiger partial charge is 0.255 e. The molecule has 1 aliphatic rings. The van der Waals surface area contributed by atoms with Gasteiger partial charge in [-0.2, -0.15) is 0 Å². The van der Waals surface area contributed by atoms with Gasteiger partial charge in [-0.05, 0) is 24.3 Å². The molecule has 2 heterocycles. The number of hydrogen-bond donors (Lipinski definition) is 1. The maximum atomic E-state index is 12.2. The largest absolute Gasteiger partial charge is 0.476 e. The van der Waals surface area contributed by atoms with Gasteiger partial charge in [0.1, 0.15) is 6.61 Å². The van der Waals surface area contributed by atoms with Crippen LogP contribution in [-0.4, -0.2) is 55.2 Å². The predicted molar refractivity (Wildman–Crippen MR) is 99.1 cm³/mol. The maximum absolute atomic E-state index is 12.2. The Balaban J connectivity index is 1.47. The number of benzene rings is 1. The molecule has 25 heavy (non-hydrogen) atoms. The van der Waals surface area contributed by atoms with Crippen LogP contribution in [0.4, 0.5) is 5.69 Å². The van der Waals surface area contributed by atoms with Gasteiger partial charge >= 0.3 is 0 Å². The van der Waals surface area contributed by atoms with Gasteiger partial charge in [-0.3, -0.25) is 9.69 Å². The fraction of sp³-hybridized carbons (Fsp3) is 0.333. The van der Waals surface area contributed by atoms with Gasteiger partial charge < -0.3 is 14.8 Å². The van der Waals surface area contributed by atoms with E-state index >= 15 is 0 Å². The van der Waals surface area contributed by atoms with Gasteiger partial charge in [0.2, 0.25) is 5.88 Å². The van der Waals surface area contributed by atoms with Gasteiger partial charge in [-0.15, -0.1) is 0 Å². The van der Waals surface area contributed by atoms with Crippen molar-refractivity contribution < 1.29 is 14.3 Å². The highest BCUT2D eigenvalue weighted by molar-refractivity contribution is 9.10. The van der Waals surface area contributed by atoms with Crippen LogP contribution in [0.2, 0.25) is 0 Å². The summed E-state index contributed by atoms with van der Waals surface area (Å²) in [7, 11) is 0. The van der Waals surface area contributed by atoms with Crippen LogP contribution in [-0.2, 0) is 4.74 Å². The van der Waals surface area contributed by atoms with Crippen LogP contribution in [0.5, 0.6) is 5.88 Å². The monoisotopic (exact) mass is 405 g/mol. The third kappa shape index (κ3) is 5.52. The summed E-state index contributed by atoms with van der Waals surface area (Å²) in [5.74, 6) is 0.373. The molecule has 0 aliphatic carbocycles. The first-order valence-electron chi connectivity index (χ1n) is 8.16. The predicted octanol–water partition coefficient (Wildman–Crippen LogP) is 2.81. The zero-order valence-corrected chi connectivity index (χ0v) is 15.4. The second kappa shape index (κ2) is 8.94. The van der Waals surface area contributed by atoms with E-state index in [1.807, 2.05) is 12.1 Å². The lowest BCUT2D eigenvalue weighted by molar-refractivity contribution is 0.0320. The normalized spacial score (nSPS) is 14.9. The Kier molecular flexibility index (Phi) is 6.38.